The van der Waals surface area contributed by atoms with Gasteiger partial charge in [-0.2, -0.15) is 4.52 Å². The summed E-state index contributed by atoms with van der Waals surface area (Å²) in [6.45, 7) is 5.29. The minimum atomic E-state index is 0.0473. The number of nitrogens with zero attached hydrogens (tertiary/aromatic N) is 4. The van der Waals surface area contributed by atoms with Crippen molar-refractivity contribution in [2.45, 2.75) is 26.3 Å². The minimum Gasteiger partial charge on any atom is -0.395 e. The Hall–Kier alpha value is -2.67. The molecule has 0 unspecified atom stereocenters. The van der Waals surface area contributed by atoms with Crippen LogP contribution in [0.15, 0.2) is 36.4 Å². The van der Waals surface area contributed by atoms with E-state index in [9.17, 15) is 0 Å². The van der Waals surface area contributed by atoms with E-state index in [1.54, 1.807) is 4.52 Å². The maximum Gasteiger partial charge on any atom is 0.201 e. The Morgan fingerprint density at radius 3 is 2.62 bits per heavy atom. The summed E-state index contributed by atoms with van der Waals surface area (Å²) in [5.41, 5.74) is 2.74. The van der Waals surface area contributed by atoms with Crippen molar-refractivity contribution in [2.24, 2.45) is 0 Å². The van der Waals surface area contributed by atoms with Gasteiger partial charge in [-0.15, -0.1) is 15.3 Å². The van der Waals surface area contributed by atoms with Gasteiger partial charge in [0.1, 0.15) is 5.82 Å². The summed E-state index contributed by atoms with van der Waals surface area (Å²) >= 11 is 0. The molecule has 0 aliphatic carbocycles. The zero-order chi connectivity index (χ0) is 16.9. The molecule has 7 heteroatoms. The van der Waals surface area contributed by atoms with Crippen molar-refractivity contribution in [2.75, 3.05) is 23.8 Å². The van der Waals surface area contributed by atoms with Crippen LogP contribution in [0.2, 0.25) is 0 Å². The zero-order valence-corrected chi connectivity index (χ0v) is 13.9. The molecule has 0 atom stereocenters. The van der Waals surface area contributed by atoms with Gasteiger partial charge in [0.2, 0.25) is 5.65 Å². The molecule has 0 radical (unpaired) electrons. The van der Waals surface area contributed by atoms with Crippen LogP contribution in [-0.4, -0.2) is 38.1 Å². The summed E-state index contributed by atoms with van der Waals surface area (Å²) in [7, 11) is 0. The molecule has 0 bridgehead atoms. The Morgan fingerprint density at radius 2 is 1.92 bits per heavy atom. The summed E-state index contributed by atoms with van der Waals surface area (Å²) in [5, 5.41) is 28.6. The first-order chi connectivity index (χ1) is 11.7. The second kappa shape index (κ2) is 7.27. The molecule has 24 heavy (non-hydrogen) atoms. The molecular formula is C17H22N6O. The zero-order valence-electron chi connectivity index (χ0n) is 13.9. The molecular weight excluding hydrogens is 304 g/mol. The van der Waals surface area contributed by atoms with Crippen LogP contribution in [0, 0.1) is 0 Å². The molecule has 7 nitrogen and oxygen atoms in total. The third-order valence-electron chi connectivity index (χ3n) is 3.65. The smallest absolute Gasteiger partial charge is 0.201 e. The molecule has 0 amide bonds. The summed E-state index contributed by atoms with van der Waals surface area (Å²) in [6.07, 6.45) is 0. The number of hydrogen-bond acceptors (Lipinski definition) is 6. The third-order valence-corrected chi connectivity index (χ3v) is 3.65. The minimum absolute atomic E-state index is 0.0473. The van der Waals surface area contributed by atoms with Gasteiger partial charge in [0.15, 0.2) is 5.82 Å². The summed E-state index contributed by atoms with van der Waals surface area (Å²) < 4.78 is 1.76. The number of benzene rings is 1. The lowest BCUT2D eigenvalue weighted by Gasteiger charge is -2.11. The fourth-order valence-electron chi connectivity index (χ4n) is 2.45. The van der Waals surface area contributed by atoms with Crippen LogP contribution >= 0.6 is 0 Å². The van der Waals surface area contributed by atoms with Crippen LogP contribution in [0.25, 0.3) is 5.65 Å². The van der Waals surface area contributed by atoms with E-state index in [0.29, 0.717) is 24.6 Å². The number of aliphatic hydroxyl groups is 1. The first kappa shape index (κ1) is 16.2. The van der Waals surface area contributed by atoms with E-state index in [1.165, 1.54) is 5.56 Å². The van der Waals surface area contributed by atoms with Gasteiger partial charge in [0, 0.05) is 25.1 Å². The number of anilines is 2. The predicted octanol–water partition coefficient (Wildman–Crippen LogP) is 2.26. The molecule has 2 aromatic heterocycles. The predicted molar refractivity (Wildman–Crippen MR) is 94.2 cm³/mol. The lowest BCUT2D eigenvalue weighted by atomic mass is 10.2. The third kappa shape index (κ3) is 3.46. The molecule has 0 saturated heterocycles. The Labute approximate surface area is 140 Å². The molecule has 0 spiro atoms. The van der Waals surface area contributed by atoms with Crippen molar-refractivity contribution < 1.29 is 5.11 Å². The average Bonchev–Trinajstić information content (AvgIpc) is 3.03. The number of nitrogens with one attached hydrogen (secondary N) is 2. The van der Waals surface area contributed by atoms with Crippen molar-refractivity contribution in [3.8, 4) is 0 Å². The van der Waals surface area contributed by atoms with Crippen LogP contribution in [0.4, 0.5) is 11.5 Å². The highest BCUT2D eigenvalue weighted by atomic mass is 16.3. The van der Waals surface area contributed by atoms with Crippen LogP contribution in [-0.2, 0) is 6.54 Å². The maximum absolute atomic E-state index is 9.03. The SMILES string of the molecule is CC(C)c1nnc2c(NCc3ccccc3)cc(NCCO)nn12. The fourth-order valence-corrected chi connectivity index (χ4v) is 2.45. The molecule has 3 aromatic rings. The van der Waals surface area contributed by atoms with Gasteiger partial charge in [-0.05, 0) is 5.56 Å². The van der Waals surface area contributed by atoms with Crippen molar-refractivity contribution in [3.63, 3.8) is 0 Å². The second-order valence-electron chi connectivity index (χ2n) is 5.88. The first-order valence-corrected chi connectivity index (χ1v) is 8.08. The highest BCUT2D eigenvalue weighted by Gasteiger charge is 2.15. The average molecular weight is 326 g/mol. The quantitative estimate of drug-likeness (QED) is 0.617. The number of rotatable bonds is 7. The van der Waals surface area contributed by atoms with E-state index < -0.39 is 0 Å². The van der Waals surface area contributed by atoms with E-state index >= 15 is 0 Å². The first-order valence-electron chi connectivity index (χ1n) is 8.08. The molecule has 3 rings (SSSR count). The molecule has 0 aliphatic rings. The van der Waals surface area contributed by atoms with Gasteiger partial charge < -0.3 is 15.7 Å². The van der Waals surface area contributed by atoms with E-state index in [2.05, 4.69) is 51.9 Å². The standard InChI is InChI=1S/C17H22N6O/c1-12(2)16-20-21-17-14(19-11-13-6-4-3-5-7-13)10-15(18-8-9-24)22-23(16)17/h3-7,10,12,19,24H,8-9,11H2,1-2H3,(H,18,22). The monoisotopic (exact) mass is 326 g/mol. The summed E-state index contributed by atoms with van der Waals surface area (Å²) in [6, 6.07) is 12.1. The highest BCUT2D eigenvalue weighted by Crippen LogP contribution is 2.22. The van der Waals surface area contributed by atoms with E-state index in [1.807, 2.05) is 24.3 Å². The largest absolute Gasteiger partial charge is 0.395 e. The van der Waals surface area contributed by atoms with Gasteiger partial charge in [-0.1, -0.05) is 44.2 Å². The maximum atomic E-state index is 9.03. The van der Waals surface area contributed by atoms with E-state index in [0.717, 1.165) is 11.5 Å². The number of hydrogen-bond donors (Lipinski definition) is 3. The number of fused-ring (bicyclic) bond motifs is 1. The Kier molecular flexibility index (Phi) is 4.90. The van der Waals surface area contributed by atoms with Gasteiger partial charge in [0.05, 0.1) is 12.3 Å². The van der Waals surface area contributed by atoms with Crippen LogP contribution in [0.3, 0.4) is 0 Å². The Bertz CT molecular complexity index is 799. The van der Waals surface area contributed by atoms with Gasteiger partial charge in [-0.25, -0.2) is 0 Å². The Morgan fingerprint density at radius 1 is 1.12 bits per heavy atom. The van der Waals surface area contributed by atoms with Gasteiger partial charge >= 0.3 is 0 Å². The van der Waals surface area contributed by atoms with Gasteiger partial charge in [0.25, 0.3) is 0 Å². The van der Waals surface area contributed by atoms with Crippen LogP contribution < -0.4 is 10.6 Å². The van der Waals surface area contributed by atoms with Crippen LogP contribution in [0.5, 0.6) is 0 Å². The lowest BCUT2D eigenvalue weighted by molar-refractivity contribution is 0.311. The molecule has 3 N–H and O–H groups in total. The number of aromatic nitrogens is 4. The molecule has 1 aromatic carbocycles. The lowest BCUT2D eigenvalue weighted by Crippen LogP contribution is -2.12. The van der Waals surface area contributed by atoms with Crippen molar-refractivity contribution in [3.05, 3.63) is 47.8 Å². The fraction of sp³-hybridized carbons (Fsp3) is 0.353. The molecule has 0 fully saturated rings. The topological polar surface area (TPSA) is 87.4 Å². The van der Waals surface area contributed by atoms with Crippen molar-refractivity contribution in [1.29, 1.82) is 0 Å². The van der Waals surface area contributed by atoms with Gasteiger partial charge in [-0.3, -0.25) is 0 Å². The summed E-state index contributed by atoms with van der Waals surface area (Å²) in [5.74, 6) is 1.69. The molecule has 0 aliphatic heterocycles. The molecule has 126 valence electrons. The molecule has 2 heterocycles. The highest BCUT2D eigenvalue weighted by molar-refractivity contribution is 5.70. The molecule has 0 saturated carbocycles. The summed E-state index contributed by atoms with van der Waals surface area (Å²) in [4.78, 5) is 0. The van der Waals surface area contributed by atoms with E-state index in [-0.39, 0.29) is 12.5 Å². The normalized spacial score (nSPS) is 11.2. The van der Waals surface area contributed by atoms with E-state index in [4.69, 9.17) is 5.11 Å². The van der Waals surface area contributed by atoms with Crippen molar-refractivity contribution in [1.82, 2.24) is 19.8 Å². The van der Waals surface area contributed by atoms with Crippen molar-refractivity contribution >= 4 is 17.2 Å². The number of aliphatic hydroxyl groups excluding tert-OH is 1. The second-order valence-corrected chi connectivity index (χ2v) is 5.88. The van der Waals surface area contributed by atoms with Crippen LogP contribution in [0.1, 0.15) is 31.2 Å². The Balaban J connectivity index is 1.94.